The maximum atomic E-state index is 13.2. The highest BCUT2D eigenvalue weighted by Gasteiger charge is 2.43. The summed E-state index contributed by atoms with van der Waals surface area (Å²) in [6.07, 6.45) is 0. The van der Waals surface area contributed by atoms with Gasteiger partial charge in [0.2, 0.25) is 5.91 Å². The van der Waals surface area contributed by atoms with E-state index in [9.17, 15) is 14.0 Å². The molecule has 2 heterocycles. The number of carboxylic acid groups (broad SMARTS) is 1. The summed E-state index contributed by atoms with van der Waals surface area (Å²) in [5, 5.41) is 9.81. The maximum Gasteiger partial charge on any atom is 0.316 e. The molecule has 0 aliphatic carbocycles. The van der Waals surface area contributed by atoms with Crippen LogP contribution in [0.3, 0.4) is 0 Å². The molecular formula is C13H10FNO3. The van der Waals surface area contributed by atoms with Crippen LogP contribution in [0.15, 0.2) is 24.3 Å². The van der Waals surface area contributed by atoms with Crippen molar-refractivity contribution in [3.8, 4) is 0 Å². The lowest BCUT2D eigenvalue weighted by Crippen LogP contribution is -2.24. The van der Waals surface area contributed by atoms with Crippen LogP contribution in [0.2, 0.25) is 0 Å². The standard InChI is InChI=1S/C13H10FNO3/c1-6-9-4-7-2-3-8(14)5-10(7)15(9)12(16)11(6)13(17)18/h2-6,11H,1H3,(H,17,18). The fourth-order valence-corrected chi connectivity index (χ4v) is 2.62. The summed E-state index contributed by atoms with van der Waals surface area (Å²) in [7, 11) is 0. The summed E-state index contributed by atoms with van der Waals surface area (Å²) in [6.45, 7) is 1.70. The summed E-state index contributed by atoms with van der Waals surface area (Å²) in [5.41, 5.74) is 1.07. The third-order valence-corrected chi connectivity index (χ3v) is 3.51. The van der Waals surface area contributed by atoms with Crippen molar-refractivity contribution in [2.24, 2.45) is 5.92 Å². The van der Waals surface area contributed by atoms with Crippen LogP contribution in [0, 0.1) is 11.7 Å². The number of aliphatic carboxylic acids is 1. The lowest BCUT2D eigenvalue weighted by atomic mass is 9.94. The van der Waals surface area contributed by atoms with E-state index >= 15 is 0 Å². The summed E-state index contributed by atoms with van der Waals surface area (Å²) >= 11 is 0. The fraction of sp³-hybridized carbons (Fsp3) is 0.231. The molecule has 5 heteroatoms. The Hall–Kier alpha value is -2.17. The average Bonchev–Trinajstić information content (AvgIpc) is 2.76. The second kappa shape index (κ2) is 3.41. The number of carboxylic acids is 1. The third kappa shape index (κ3) is 1.24. The van der Waals surface area contributed by atoms with Crippen molar-refractivity contribution in [1.82, 2.24) is 4.57 Å². The molecule has 92 valence electrons. The van der Waals surface area contributed by atoms with Crippen LogP contribution >= 0.6 is 0 Å². The minimum atomic E-state index is -1.14. The van der Waals surface area contributed by atoms with E-state index in [0.717, 1.165) is 5.39 Å². The van der Waals surface area contributed by atoms with Gasteiger partial charge in [-0.05, 0) is 24.3 Å². The van der Waals surface area contributed by atoms with Gasteiger partial charge in [-0.25, -0.2) is 4.39 Å². The molecule has 0 fully saturated rings. The van der Waals surface area contributed by atoms with Gasteiger partial charge in [-0.3, -0.25) is 14.2 Å². The molecule has 4 nitrogen and oxygen atoms in total. The topological polar surface area (TPSA) is 59.3 Å². The molecular weight excluding hydrogens is 237 g/mol. The van der Waals surface area contributed by atoms with Crippen molar-refractivity contribution in [1.29, 1.82) is 0 Å². The summed E-state index contributed by atoms with van der Waals surface area (Å²) in [4.78, 5) is 23.2. The number of aromatic nitrogens is 1. The number of halogens is 1. The highest BCUT2D eigenvalue weighted by Crippen LogP contribution is 2.38. The Balaban J connectivity index is 2.29. The lowest BCUT2D eigenvalue weighted by Gasteiger charge is -2.07. The molecule has 1 aromatic carbocycles. The molecule has 3 rings (SSSR count). The molecule has 18 heavy (non-hydrogen) atoms. The number of carbonyl (C=O) groups excluding carboxylic acids is 1. The molecule has 1 aliphatic rings. The highest BCUT2D eigenvalue weighted by molar-refractivity contribution is 6.06. The Bertz CT molecular complexity index is 689. The van der Waals surface area contributed by atoms with Crippen molar-refractivity contribution in [3.63, 3.8) is 0 Å². The summed E-state index contributed by atoms with van der Waals surface area (Å²) in [5.74, 6) is -3.55. The summed E-state index contributed by atoms with van der Waals surface area (Å²) < 4.78 is 14.5. The van der Waals surface area contributed by atoms with Gasteiger partial charge in [0, 0.05) is 17.0 Å². The zero-order valence-electron chi connectivity index (χ0n) is 9.55. The van der Waals surface area contributed by atoms with Crippen LogP contribution in [-0.2, 0) is 4.79 Å². The second-order valence-electron chi connectivity index (χ2n) is 4.55. The Morgan fingerprint density at radius 3 is 2.78 bits per heavy atom. The van der Waals surface area contributed by atoms with E-state index in [2.05, 4.69) is 0 Å². The van der Waals surface area contributed by atoms with Gasteiger partial charge in [0.25, 0.3) is 0 Å². The third-order valence-electron chi connectivity index (χ3n) is 3.51. The molecule has 1 aromatic heterocycles. The molecule has 2 aromatic rings. The van der Waals surface area contributed by atoms with E-state index in [0.29, 0.717) is 11.2 Å². The van der Waals surface area contributed by atoms with Crippen LogP contribution in [-0.4, -0.2) is 21.6 Å². The van der Waals surface area contributed by atoms with Gasteiger partial charge in [0.1, 0.15) is 11.7 Å². The van der Waals surface area contributed by atoms with Crippen LogP contribution in [0.4, 0.5) is 4.39 Å². The zero-order valence-corrected chi connectivity index (χ0v) is 9.55. The van der Waals surface area contributed by atoms with E-state index < -0.39 is 29.5 Å². The lowest BCUT2D eigenvalue weighted by molar-refractivity contribution is -0.140. The predicted molar refractivity (Wildman–Crippen MR) is 62.1 cm³/mol. The van der Waals surface area contributed by atoms with Gasteiger partial charge in [0.05, 0.1) is 5.52 Å². The Kier molecular flexibility index (Phi) is 2.08. The van der Waals surface area contributed by atoms with E-state index in [4.69, 9.17) is 5.11 Å². The second-order valence-corrected chi connectivity index (χ2v) is 4.55. The van der Waals surface area contributed by atoms with Gasteiger partial charge >= 0.3 is 5.97 Å². The smallest absolute Gasteiger partial charge is 0.316 e. The number of rotatable bonds is 1. The maximum absolute atomic E-state index is 13.2. The first-order valence-corrected chi connectivity index (χ1v) is 5.58. The number of nitrogens with zero attached hydrogens (tertiary/aromatic N) is 1. The van der Waals surface area contributed by atoms with Crippen LogP contribution in [0.25, 0.3) is 10.9 Å². The van der Waals surface area contributed by atoms with Crippen molar-refractivity contribution in [2.75, 3.05) is 0 Å². The van der Waals surface area contributed by atoms with Gasteiger partial charge in [-0.2, -0.15) is 0 Å². The predicted octanol–water partition coefficient (Wildman–Crippen LogP) is 2.24. The quantitative estimate of drug-likeness (QED) is 0.786. The Morgan fingerprint density at radius 2 is 2.11 bits per heavy atom. The van der Waals surface area contributed by atoms with Gasteiger partial charge in [0.15, 0.2) is 0 Å². The van der Waals surface area contributed by atoms with Crippen molar-refractivity contribution in [2.45, 2.75) is 12.8 Å². The van der Waals surface area contributed by atoms with Crippen molar-refractivity contribution in [3.05, 3.63) is 35.8 Å². The minimum absolute atomic E-state index is 0.398. The Morgan fingerprint density at radius 1 is 1.39 bits per heavy atom. The SMILES string of the molecule is CC1c2cc3ccc(F)cc3n2C(=O)C1C(=O)O. The van der Waals surface area contributed by atoms with Gasteiger partial charge < -0.3 is 5.11 Å². The minimum Gasteiger partial charge on any atom is -0.481 e. The number of hydrogen-bond acceptors (Lipinski definition) is 2. The number of carbonyl (C=O) groups is 2. The first-order valence-electron chi connectivity index (χ1n) is 5.58. The molecule has 2 unspecified atom stereocenters. The Labute approximate surface area is 102 Å². The van der Waals surface area contributed by atoms with Crippen LogP contribution < -0.4 is 0 Å². The molecule has 1 aliphatic heterocycles. The van der Waals surface area contributed by atoms with Gasteiger partial charge in [-0.1, -0.05) is 6.92 Å². The molecule has 0 saturated heterocycles. The number of hydrogen-bond donors (Lipinski definition) is 1. The molecule has 0 saturated carbocycles. The average molecular weight is 247 g/mol. The van der Waals surface area contributed by atoms with Crippen LogP contribution in [0.1, 0.15) is 23.3 Å². The monoisotopic (exact) mass is 247 g/mol. The molecule has 0 amide bonds. The van der Waals surface area contributed by atoms with Crippen molar-refractivity contribution < 1.29 is 19.1 Å². The van der Waals surface area contributed by atoms with E-state index in [-0.39, 0.29) is 0 Å². The number of benzene rings is 1. The highest BCUT2D eigenvalue weighted by atomic mass is 19.1. The van der Waals surface area contributed by atoms with E-state index in [1.165, 1.54) is 16.7 Å². The zero-order chi connectivity index (χ0) is 13.0. The molecule has 2 atom stereocenters. The first kappa shape index (κ1) is 11.0. The summed E-state index contributed by atoms with van der Waals surface area (Å²) in [6, 6.07) is 5.92. The van der Waals surface area contributed by atoms with Gasteiger partial charge in [-0.15, -0.1) is 0 Å². The van der Waals surface area contributed by atoms with E-state index in [1.807, 2.05) is 0 Å². The molecule has 0 bridgehead atoms. The first-order chi connectivity index (χ1) is 8.50. The fourth-order valence-electron chi connectivity index (χ4n) is 2.62. The molecule has 1 N–H and O–H groups in total. The molecule has 0 spiro atoms. The number of fused-ring (bicyclic) bond motifs is 3. The van der Waals surface area contributed by atoms with E-state index in [1.54, 1.807) is 19.1 Å². The largest absolute Gasteiger partial charge is 0.481 e. The van der Waals surface area contributed by atoms with Crippen molar-refractivity contribution >= 4 is 22.8 Å². The normalized spacial score (nSPS) is 22.4. The molecule has 0 radical (unpaired) electrons. The van der Waals surface area contributed by atoms with Crippen LogP contribution in [0.5, 0.6) is 0 Å².